The number of benzene rings is 1. The minimum Gasteiger partial charge on any atom is -0.347 e. The number of halogens is 4. The molecule has 2 nitrogen and oxygen atoms in total. The van der Waals surface area contributed by atoms with Gasteiger partial charge in [0, 0.05) is 21.7 Å². The highest BCUT2D eigenvalue weighted by molar-refractivity contribution is 14.1. The first-order valence-corrected chi connectivity index (χ1v) is 8.20. The average molecular weight is 618 g/mol. The number of nitrogens with one attached hydrogen (secondary N) is 1. The Hall–Kier alpha value is 1.10. The largest absolute Gasteiger partial charge is 0.347 e. The van der Waals surface area contributed by atoms with Crippen LogP contribution >= 0.6 is 83.7 Å². The van der Waals surface area contributed by atoms with Gasteiger partial charge in [-0.3, -0.25) is 4.79 Å². The van der Waals surface area contributed by atoms with Gasteiger partial charge in [0.2, 0.25) is 0 Å². The van der Waals surface area contributed by atoms with Crippen LogP contribution in [-0.4, -0.2) is 12.5 Å². The van der Waals surface area contributed by atoms with Gasteiger partial charge in [-0.25, -0.2) is 0 Å². The van der Waals surface area contributed by atoms with E-state index < -0.39 is 0 Å². The average Bonchev–Trinajstić information content (AvgIpc) is 2.19. The van der Waals surface area contributed by atoms with E-state index in [1.807, 2.05) is 12.1 Å². The van der Waals surface area contributed by atoms with E-state index in [9.17, 15) is 4.79 Å². The normalized spacial score (nSPS) is 10.0. The number of carbonyl (C=O) groups is 1. The molecule has 0 radical (unpaired) electrons. The second kappa shape index (κ2) is 6.88. The van der Waals surface area contributed by atoms with Crippen molar-refractivity contribution in [2.45, 2.75) is 0 Å². The second-order valence-corrected chi connectivity index (χ2v) is 7.56. The molecule has 0 aliphatic rings. The van der Waals surface area contributed by atoms with E-state index in [-0.39, 0.29) is 5.91 Å². The van der Waals surface area contributed by atoms with Crippen LogP contribution in [0.2, 0.25) is 0 Å². The first kappa shape index (κ1) is 15.2. The van der Waals surface area contributed by atoms with E-state index >= 15 is 0 Å². The third kappa shape index (κ3) is 4.41. The van der Waals surface area contributed by atoms with Crippen molar-refractivity contribution in [3.63, 3.8) is 0 Å². The summed E-state index contributed by atoms with van der Waals surface area (Å²) in [7, 11) is 0. The molecule has 0 spiro atoms. The lowest BCUT2D eigenvalue weighted by Gasteiger charge is -2.08. The summed E-state index contributed by atoms with van der Waals surface area (Å²) in [4.78, 5) is 11.9. The molecule has 0 bridgehead atoms. The lowest BCUT2D eigenvalue weighted by atomic mass is 10.2. The molecule has 86 valence electrons. The molecule has 0 saturated heterocycles. The summed E-state index contributed by atoms with van der Waals surface area (Å²) in [5.41, 5.74) is 0.714. The van der Waals surface area contributed by atoms with Gasteiger partial charge in [-0.05, 0) is 79.9 Å². The first-order valence-electron chi connectivity index (χ1n) is 4.18. The van der Waals surface area contributed by atoms with Crippen molar-refractivity contribution in [1.29, 1.82) is 0 Å². The summed E-state index contributed by atoms with van der Waals surface area (Å²) in [6.45, 7) is 4.12. The molecule has 1 amide bonds. The molecule has 6 heteroatoms. The molecule has 0 heterocycles. The maximum absolute atomic E-state index is 11.9. The molecule has 1 N–H and O–H groups in total. The zero-order valence-electron chi connectivity index (χ0n) is 7.99. The van der Waals surface area contributed by atoms with Crippen molar-refractivity contribution in [3.05, 3.63) is 39.5 Å². The maximum atomic E-state index is 11.9. The molecule has 0 fully saturated rings. The van der Waals surface area contributed by atoms with Gasteiger partial charge in [-0.15, -0.1) is 0 Å². The summed E-state index contributed by atoms with van der Waals surface area (Å²) >= 11 is 9.84. The molecule has 0 aliphatic carbocycles. The zero-order valence-corrected chi connectivity index (χ0v) is 16.0. The number of rotatable bonds is 3. The van der Waals surface area contributed by atoms with Gasteiger partial charge in [0.25, 0.3) is 5.91 Å². The van der Waals surface area contributed by atoms with Crippen LogP contribution < -0.4 is 5.32 Å². The molecule has 1 aromatic rings. The van der Waals surface area contributed by atoms with Crippen LogP contribution in [0.15, 0.2) is 23.2 Å². The molecule has 0 aromatic heterocycles. The summed E-state index contributed by atoms with van der Waals surface area (Å²) in [6.07, 6.45) is 0. The van der Waals surface area contributed by atoms with Gasteiger partial charge < -0.3 is 5.32 Å². The van der Waals surface area contributed by atoms with E-state index in [0.29, 0.717) is 12.1 Å². The Morgan fingerprint density at radius 3 is 2.56 bits per heavy atom. The van der Waals surface area contributed by atoms with Gasteiger partial charge in [0.05, 0.1) is 5.56 Å². The van der Waals surface area contributed by atoms with E-state index in [1.54, 1.807) is 0 Å². The predicted molar refractivity (Wildman–Crippen MR) is 95.0 cm³/mol. The van der Waals surface area contributed by atoms with Crippen molar-refractivity contribution >= 4 is 89.6 Å². The Labute approximate surface area is 144 Å². The van der Waals surface area contributed by atoms with Crippen molar-refractivity contribution in [1.82, 2.24) is 5.32 Å². The lowest BCUT2D eigenvalue weighted by Crippen LogP contribution is -2.25. The Morgan fingerprint density at radius 1 is 1.38 bits per heavy atom. The smallest absolute Gasteiger partial charge is 0.252 e. The molecule has 16 heavy (non-hydrogen) atoms. The van der Waals surface area contributed by atoms with Crippen LogP contribution in [0.3, 0.4) is 0 Å². The highest BCUT2D eigenvalue weighted by atomic mass is 127. The second-order valence-electron chi connectivity index (χ2n) is 2.95. The van der Waals surface area contributed by atoms with Crippen molar-refractivity contribution < 1.29 is 4.79 Å². The summed E-state index contributed by atoms with van der Waals surface area (Å²) in [5.74, 6) is -0.0681. The van der Waals surface area contributed by atoms with Crippen molar-refractivity contribution in [2.75, 3.05) is 6.54 Å². The topological polar surface area (TPSA) is 29.1 Å². The van der Waals surface area contributed by atoms with E-state index in [4.69, 9.17) is 0 Å². The zero-order chi connectivity index (χ0) is 12.3. The quantitative estimate of drug-likeness (QED) is 0.401. The Kier molecular flexibility index (Phi) is 6.52. The third-order valence-electron chi connectivity index (χ3n) is 1.68. The molecule has 0 aliphatic heterocycles. The van der Waals surface area contributed by atoms with Crippen LogP contribution in [-0.2, 0) is 0 Å². The minimum absolute atomic E-state index is 0.0681. The van der Waals surface area contributed by atoms with Gasteiger partial charge in [0.1, 0.15) is 0 Å². The van der Waals surface area contributed by atoms with E-state index in [2.05, 4.69) is 95.6 Å². The highest BCUT2D eigenvalue weighted by Crippen LogP contribution is 2.22. The van der Waals surface area contributed by atoms with Crippen LogP contribution in [0.5, 0.6) is 0 Å². The first-order chi connectivity index (χ1) is 7.41. The van der Waals surface area contributed by atoms with Crippen LogP contribution in [0, 0.1) is 10.7 Å². The van der Waals surface area contributed by atoms with Crippen LogP contribution in [0.4, 0.5) is 0 Å². The fourth-order valence-corrected chi connectivity index (χ4v) is 3.53. The summed E-state index contributed by atoms with van der Waals surface area (Å²) in [6, 6.07) is 3.93. The SMILES string of the molecule is C=C(Br)CNC(=O)c1cc(I)cc(I)c1I. The fourth-order valence-electron chi connectivity index (χ4n) is 0.993. The Balaban J connectivity index is 2.95. The van der Waals surface area contributed by atoms with Crippen molar-refractivity contribution in [3.8, 4) is 0 Å². The van der Waals surface area contributed by atoms with Crippen LogP contribution in [0.25, 0.3) is 0 Å². The molecular formula is C10H7BrI3NO. The third-order valence-corrected chi connectivity index (χ3v) is 5.63. The van der Waals surface area contributed by atoms with Gasteiger partial charge in [-0.1, -0.05) is 22.5 Å². The monoisotopic (exact) mass is 617 g/mol. The molecular weight excluding hydrogens is 611 g/mol. The maximum Gasteiger partial charge on any atom is 0.252 e. The van der Waals surface area contributed by atoms with Gasteiger partial charge in [0.15, 0.2) is 0 Å². The summed E-state index contributed by atoms with van der Waals surface area (Å²) in [5, 5.41) is 2.80. The molecule has 1 rings (SSSR count). The summed E-state index contributed by atoms with van der Waals surface area (Å²) < 4.78 is 3.89. The van der Waals surface area contributed by atoms with Gasteiger partial charge in [-0.2, -0.15) is 0 Å². The predicted octanol–water partition coefficient (Wildman–Crippen LogP) is 4.14. The number of hydrogen-bond acceptors (Lipinski definition) is 1. The van der Waals surface area contributed by atoms with Gasteiger partial charge >= 0.3 is 0 Å². The van der Waals surface area contributed by atoms with Crippen LogP contribution in [0.1, 0.15) is 10.4 Å². The standard InChI is InChI=1S/C10H7BrI3NO/c1-5(11)4-15-10(16)7-2-6(12)3-8(13)9(7)14/h2-3H,1,4H2,(H,15,16). The number of carbonyl (C=O) groups excluding carboxylic acids is 1. The molecule has 0 atom stereocenters. The van der Waals surface area contributed by atoms with Crippen molar-refractivity contribution in [2.24, 2.45) is 0 Å². The minimum atomic E-state index is -0.0681. The Morgan fingerprint density at radius 2 is 2.00 bits per heavy atom. The lowest BCUT2D eigenvalue weighted by molar-refractivity contribution is 0.0956. The number of amides is 1. The number of hydrogen-bond donors (Lipinski definition) is 1. The highest BCUT2D eigenvalue weighted by Gasteiger charge is 2.13. The Bertz CT molecular complexity index is 448. The van der Waals surface area contributed by atoms with E-state index in [0.717, 1.165) is 15.2 Å². The molecule has 0 unspecified atom stereocenters. The van der Waals surface area contributed by atoms with E-state index in [1.165, 1.54) is 0 Å². The molecule has 1 aromatic carbocycles. The fraction of sp³-hybridized carbons (Fsp3) is 0.100. The molecule has 0 saturated carbocycles.